The Morgan fingerprint density at radius 3 is 2.18 bits per heavy atom. The molecule has 0 heterocycles. The van der Waals surface area contributed by atoms with Crippen LogP contribution in [0.4, 0.5) is 10.5 Å². The smallest absolute Gasteiger partial charge is 0.408 e. The Morgan fingerprint density at radius 2 is 1.66 bits per heavy atom. The number of benzene rings is 2. The van der Waals surface area contributed by atoms with Gasteiger partial charge in [-0.3, -0.25) is 9.59 Å². The van der Waals surface area contributed by atoms with E-state index in [-0.39, 0.29) is 12.5 Å². The highest BCUT2D eigenvalue weighted by atomic mass is 16.6. The topological polar surface area (TPSA) is 112 Å². The van der Waals surface area contributed by atoms with E-state index < -0.39 is 35.6 Å². The summed E-state index contributed by atoms with van der Waals surface area (Å²) in [5.74, 6) is -1.26. The molecule has 3 atom stereocenters. The lowest BCUT2D eigenvalue weighted by Gasteiger charge is -2.35. The second kappa shape index (κ2) is 13.1. The van der Waals surface area contributed by atoms with Crippen molar-refractivity contribution in [2.45, 2.75) is 79.5 Å². The molecule has 8 nitrogen and oxygen atoms in total. The van der Waals surface area contributed by atoms with Gasteiger partial charge in [-0.2, -0.15) is 5.26 Å². The van der Waals surface area contributed by atoms with Gasteiger partial charge < -0.3 is 20.3 Å². The molecule has 2 rings (SSSR count). The van der Waals surface area contributed by atoms with Crippen molar-refractivity contribution in [1.29, 1.82) is 5.26 Å². The fourth-order valence-corrected chi connectivity index (χ4v) is 4.22. The van der Waals surface area contributed by atoms with E-state index in [1.807, 2.05) is 77.1 Å². The second-order valence-corrected chi connectivity index (χ2v) is 10.8. The minimum absolute atomic E-state index is 0.282. The summed E-state index contributed by atoms with van der Waals surface area (Å²) in [5.41, 5.74) is 3.14. The summed E-state index contributed by atoms with van der Waals surface area (Å²) < 4.78 is 5.40. The van der Waals surface area contributed by atoms with Gasteiger partial charge in [0.25, 0.3) is 5.91 Å². The largest absolute Gasteiger partial charge is 0.444 e. The fraction of sp³-hybridized carbons (Fsp3) is 0.467. The highest BCUT2D eigenvalue weighted by Crippen LogP contribution is 2.28. The lowest BCUT2D eigenvalue weighted by molar-refractivity contribution is -0.141. The van der Waals surface area contributed by atoms with E-state index in [4.69, 9.17) is 4.74 Å². The predicted octanol–water partition coefficient (Wildman–Crippen LogP) is 5.58. The number of hydrogen-bond acceptors (Lipinski definition) is 5. The molecule has 3 unspecified atom stereocenters. The first-order valence-electron chi connectivity index (χ1n) is 12.9. The van der Waals surface area contributed by atoms with Crippen molar-refractivity contribution >= 4 is 23.6 Å². The Hall–Kier alpha value is -3.86. The molecule has 0 aliphatic heterocycles. The summed E-state index contributed by atoms with van der Waals surface area (Å²) in [6.07, 6.45) is -0.156. The summed E-state index contributed by atoms with van der Waals surface area (Å²) in [4.78, 5) is 41.8. The highest BCUT2D eigenvalue weighted by molar-refractivity contribution is 5.99. The molecule has 2 aromatic rings. The van der Waals surface area contributed by atoms with Gasteiger partial charge >= 0.3 is 6.09 Å². The van der Waals surface area contributed by atoms with Crippen LogP contribution >= 0.6 is 0 Å². The lowest BCUT2D eigenvalue weighted by Crippen LogP contribution is -2.54. The Morgan fingerprint density at radius 1 is 1.05 bits per heavy atom. The number of carbonyl (C=O) groups is 3. The predicted molar refractivity (Wildman–Crippen MR) is 148 cm³/mol. The van der Waals surface area contributed by atoms with Crippen molar-refractivity contribution < 1.29 is 19.1 Å². The molecule has 0 bridgehead atoms. The number of nitrogens with zero attached hydrogens (tertiary/aromatic N) is 2. The van der Waals surface area contributed by atoms with E-state index in [2.05, 4.69) is 10.6 Å². The summed E-state index contributed by atoms with van der Waals surface area (Å²) in [5, 5.41) is 15.4. The number of ether oxygens (including phenoxy) is 1. The van der Waals surface area contributed by atoms with Crippen LogP contribution in [0.3, 0.4) is 0 Å². The van der Waals surface area contributed by atoms with Crippen LogP contribution in [0.25, 0.3) is 0 Å². The number of aryl methyl sites for hydroxylation is 3. The van der Waals surface area contributed by atoms with Crippen LogP contribution in [0.2, 0.25) is 0 Å². The molecule has 38 heavy (non-hydrogen) atoms. The maximum Gasteiger partial charge on any atom is 0.408 e. The van der Waals surface area contributed by atoms with Gasteiger partial charge in [0.15, 0.2) is 0 Å². The molecule has 2 aromatic carbocycles. The Kier molecular flexibility index (Phi) is 10.5. The monoisotopic (exact) mass is 520 g/mol. The van der Waals surface area contributed by atoms with Crippen LogP contribution in [0.5, 0.6) is 0 Å². The summed E-state index contributed by atoms with van der Waals surface area (Å²) in [6.45, 7) is 14.3. The molecule has 0 aliphatic rings. The van der Waals surface area contributed by atoms with Crippen LogP contribution in [-0.2, 0) is 14.3 Å². The van der Waals surface area contributed by atoms with Crippen LogP contribution < -0.4 is 10.6 Å². The minimum Gasteiger partial charge on any atom is -0.444 e. The van der Waals surface area contributed by atoms with E-state index in [1.54, 1.807) is 26.8 Å². The number of alkyl carbamates (subject to hydrolysis) is 1. The molecule has 0 spiro atoms. The standard InChI is InChI=1S/C30H40N4O4/c1-9-21(4)25(33-29(37)38-30(6,7)8)28(36)34(15-14-31)26(23-17-19(2)16-20(3)18-23)27(35)32-24-13-11-10-12-22(24)5/h10-13,16-18,21,25-26H,9,15H2,1-8H3,(H,32,35)(H,33,37). The average Bonchev–Trinajstić information content (AvgIpc) is 2.81. The number of para-hydroxylation sites is 1. The molecule has 0 radical (unpaired) electrons. The average molecular weight is 521 g/mol. The molecule has 204 valence electrons. The number of rotatable bonds is 9. The van der Waals surface area contributed by atoms with Crippen LogP contribution in [0, 0.1) is 38.0 Å². The Balaban J connectivity index is 2.58. The van der Waals surface area contributed by atoms with Gasteiger partial charge in [-0.15, -0.1) is 0 Å². The zero-order valence-electron chi connectivity index (χ0n) is 23.7. The van der Waals surface area contributed by atoms with Crippen molar-refractivity contribution in [3.8, 4) is 6.07 Å². The first-order chi connectivity index (χ1) is 17.8. The van der Waals surface area contributed by atoms with Crippen LogP contribution in [0.15, 0.2) is 42.5 Å². The number of anilines is 1. The van der Waals surface area contributed by atoms with Gasteiger partial charge in [-0.1, -0.05) is 67.8 Å². The van der Waals surface area contributed by atoms with Crippen LogP contribution in [0.1, 0.15) is 69.3 Å². The number of nitriles is 1. The molecule has 0 fully saturated rings. The van der Waals surface area contributed by atoms with E-state index in [0.717, 1.165) is 16.7 Å². The Bertz CT molecular complexity index is 1180. The first-order valence-corrected chi connectivity index (χ1v) is 12.9. The SMILES string of the molecule is CCC(C)C(NC(=O)OC(C)(C)C)C(=O)N(CC#N)C(C(=O)Nc1ccccc1C)c1cc(C)cc(C)c1. The van der Waals surface area contributed by atoms with Crippen molar-refractivity contribution in [1.82, 2.24) is 10.2 Å². The highest BCUT2D eigenvalue weighted by Gasteiger charge is 2.38. The number of carbonyl (C=O) groups excluding carboxylic acids is 3. The van der Waals surface area contributed by atoms with Crippen molar-refractivity contribution in [3.05, 3.63) is 64.7 Å². The summed E-state index contributed by atoms with van der Waals surface area (Å²) in [7, 11) is 0. The van der Waals surface area contributed by atoms with E-state index in [1.165, 1.54) is 4.90 Å². The van der Waals surface area contributed by atoms with E-state index in [9.17, 15) is 19.6 Å². The number of amides is 3. The zero-order chi connectivity index (χ0) is 28.6. The maximum atomic E-state index is 14.1. The van der Waals surface area contributed by atoms with Crippen LogP contribution in [-0.4, -0.2) is 41.0 Å². The van der Waals surface area contributed by atoms with Gasteiger partial charge in [0.05, 0.1) is 6.07 Å². The van der Waals surface area contributed by atoms with Gasteiger partial charge in [-0.25, -0.2) is 4.79 Å². The molecule has 0 aromatic heterocycles. The zero-order valence-corrected chi connectivity index (χ0v) is 23.7. The molecular weight excluding hydrogens is 480 g/mol. The number of hydrogen-bond donors (Lipinski definition) is 2. The first kappa shape index (κ1) is 30.4. The maximum absolute atomic E-state index is 14.1. The third-order valence-electron chi connectivity index (χ3n) is 6.20. The summed E-state index contributed by atoms with van der Waals surface area (Å²) in [6, 6.07) is 12.9. The normalized spacial score (nSPS) is 13.4. The third-order valence-corrected chi connectivity index (χ3v) is 6.20. The molecule has 3 amide bonds. The van der Waals surface area contributed by atoms with E-state index >= 15 is 0 Å². The third kappa shape index (κ3) is 8.34. The lowest BCUT2D eigenvalue weighted by atomic mass is 9.94. The molecule has 2 N–H and O–H groups in total. The molecule has 8 heteroatoms. The van der Waals surface area contributed by atoms with Gasteiger partial charge in [0.1, 0.15) is 24.2 Å². The van der Waals surface area contributed by atoms with Crippen molar-refractivity contribution in [2.24, 2.45) is 5.92 Å². The fourth-order valence-electron chi connectivity index (χ4n) is 4.22. The van der Waals surface area contributed by atoms with Gasteiger partial charge in [-0.05, 0) is 64.7 Å². The molecule has 0 aliphatic carbocycles. The van der Waals surface area contributed by atoms with Gasteiger partial charge in [0.2, 0.25) is 5.91 Å². The Labute approximate surface area is 226 Å². The van der Waals surface area contributed by atoms with Gasteiger partial charge in [0, 0.05) is 5.69 Å². The molecule has 0 saturated heterocycles. The summed E-state index contributed by atoms with van der Waals surface area (Å²) >= 11 is 0. The second-order valence-electron chi connectivity index (χ2n) is 10.8. The molecule has 0 saturated carbocycles. The quantitative estimate of drug-likeness (QED) is 0.419. The number of nitrogens with one attached hydrogen (secondary N) is 2. The van der Waals surface area contributed by atoms with Crippen molar-refractivity contribution in [3.63, 3.8) is 0 Å². The molecular formula is C30H40N4O4. The van der Waals surface area contributed by atoms with Crippen molar-refractivity contribution in [2.75, 3.05) is 11.9 Å². The van der Waals surface area contributed by atoms with E-state index in [0.29, 0.717) is 17.7 Å². The minimum atomic E-state index is -1.10.